The lowest BCUT2D eigenvalue weighted by atomic mass is 9.87. The second-order valence-electron chi connectivity index (χ2n) is 12.1. The first-order chi connectivity index (χ1) is 20.1. The molecule has 8 heteroatoms. The summed E-state index contributed by atoms with van der Waals surface area (Å²) in [5.74, 6) is 0.518. The average Bonchev–Trinajstić information content (AvgIpc) is 2.98. The van der Waals surface area contributed by atoms with Gasteiger partial charge in [0, 0.05) is 49.7 Å². The largest absolute Gasteiger partial charge is 0.495 e. The Kier molecular flexibility index (Phi) is 10.1. The van der Waals surface area contributed by atoms with Crippen molar-refractivity contribution in [3.63, 3.8) is 0 Å². The molecule has 2 N–H and O–H groups in total. The number of amides is 2. The van der Waals surface area contributed by atoms with Crippen molar-refractivity contribution in [3.05, 3.63) is 83.4 Å². The summed E-state index contributed by atoms with van der Waals surface area (Å²) in [7, 11) is 5.74. The number of benzene rings is 3. The summed E-state index contributed by atoms with van der Waals surface area (Å²) in [5, 5.41) is 6.08. The molecule has 8 nitrogen and oxygen atoms in total. The number of nitrogens with zero attached hydrogens (tertiary/aromatic N) is 3. The number of para-hydroxylation sites is 2. The standard InChI is InChI=1S/C34H45N5O3/c1-34(2,3)26-14-12-25(13-15-26)32(40)36-27-16-17-29(28(24-27)33(41)35-18-9-19-37(4)5)38-20-22-39(23-21-38)30-10-7-8-11-31(30)42-6/h7-8,10-17,24H,9,18-23H2,1-6H3,(H,35,41)(H,36,40). The summed E-state index contributed by atoms with van der Waals surface area (Å²) in [6.07, 6.45) is 0.854. The van der Waals surface area contributed by atoms with Crippen molar-refractivity contribution in [1.82, 2.24) is 10.2 Å². The molecule has 0 aromatic heterocycles. The molecule has 0 saturated carbocycles. The smallest absolute Gasteiger partial charge is 0.255 e. The zero-order valence-electron chi connectivity index (χ0n) is 25.9. The topological polar surface area (TPSA) is 77.1 Å². The van der Waals surface area contributed by atoms with Gasteiger partial charge in [-0.1, -0.05) is 45.0 Å². The molecule has 42 heavy (non-hydrogen) atoms. The van der Waals surface area contributed by atoms with E-state index in [9.17, 15) is 9.59 Å². The molecule has 0 aliphatic carbocycles. The van der Waals surface area contributed by atoms with Crippen molar-refractivity contribution in [2.45, 2.75) is 32.6 Å². The highest BCUT2D eigenvalue weighted by molar-refractivity contribution is 6.06. The number of rotatable bonds is 10. The van der Waals surface area contributed by atoms with Crippen LogP contribution in [-0.2, 0) is 5.41 Å². The first-order valence-corrected chi connectivity index (χ1v) is 14.7. The minimum absolute atomic E-state index is 0.0122. The lowest BCUT2D eigenvalue weighted by Gasteiger charge is -2.38. The predicted molar refractivity (Wildman–Crippen MR) is 172 cm³/mol. The van der Waals surface area contributed by atoms with Gasteiger partial charge in [0.05, 0.1) is 18.4 Å². The minimum atomic E-state index is -0.203. The molecule has 1 aliphatic rings. The van der Waals surface area contributed by atoms with E-state index in [-0.39, 0.29) is 17.2 Å². The van der Waals surface area contributed by atoms with Crippen LogP contribution in [0.4, 0.5) is 17.1 Å². The van der Waals surface area contributed by atoms with Gasteiger partial charge in [-0.25, -0.2) is 0 Å². The number of carbonyl (C=O) groups is 2. The van der Waals surface area contributed by atoms with Crippen molar-refractivity contribution >= 4 is 28.9 Å². The first-order valence-electron chi connectivity index (χ1n) is 14.7. The molecule has 1 fully saturated rings. The van der Waals surface area contributed by atoms with Crippen LogP contribution in [0, 0.1) is 0 Å². The second-order valence-corrected chi connectivity index (χ2v) is 12.1. The summed E-state index contributed by atoms with van der Waals surface area (Å²) in [6, 6.07) is 21.4. The number of ether oxygens (including phenoxy) is 1. The van der Waals surface area contributed by atoms with Gasteiger partial charge in [0.25, 0.3) is 11.8 Å². The third kappa shape index (κ3) is 7.82. The van der Waals surface area contributed by atoms with Gasteiger partial charge in [-0.15, -0.1) is 0 Å². The van der Waals surface area contributed by atoms with E-state index in [1.807, 2.05) is 68.7 Å². The van der Waals surface area contributed by atoms with Crippen LogP contribution < -0.4 is 25.2 Å². The Morgan fingerprint density at radius 1 is 0.857 bits per heavy atom. The van der Waals surface area contributed by atoms with E-state index in [1.54, 1.807) is 13.2 Å². The first kappa shape index (κ1) is 30.9. The van der Waals surface area contributed by atoms with Gasteiger partial charge in [0.2, 0.25) is 0 Å². The number of hydrogen-bond donors (Lipinski definition) is 2. The van der Waals surface area contributed by atoms with E-state index in [0.717, 1.165) is 56.3 Å². The number of anilines is 3. The van der Waals surface area contributed by atoms with Gasteiger partial charge >= 0.3 is 0 Å². The van der Waals surface area contributed by atoms with Crippen LogP contribution >= 0.6 is 0 Å². The summed E-state index contributed by atoms with van der Waals surface area (Å²) >= 11 is 0. The Bertz CT molecular complexity index is 1360. The molecule has 3 aromatic rings. The van der Waals surface area contributed by atoms with Crippen molar-refractivity contribution < 1.29 is 14.3 Å². The zero-order valence-corrected chi connectivity index (χ0v) is 25.9. The highest BCUT2D eigenvalue weighted by Crippen LogP contribution is 2.31. The molecule has 1 aliphatic heterocycles. The Labute approximate surface area is 250 Å². The molecule has 224 valence electrons. The molecule has 4 rings (SSSR count). The van der Waals surface area contributed by atoms with Crippen LogP contribution in [0.2, 0.25) is 0 Å². The molecular formula is C34H45N5O3. The summed E-state index contributed by atoms with van der Waals surface area (Å²) < 4.78 is 5.57. The predicted octanol–water partition coefficient (Wildman–Crippen LogP) is 5.25. The maximum absolute atomic E-state index is 13.5. The Morgan fingerprint density at radius 2 is 1.50 bits per heavy atom. The summed E-state index contributed by atoms with van der Waals surface area (Å²) in [4.78, 5) is 33.2. The maximum Gasteiger partial charge on any atom is 0.255 e. The van der Waals surface area contributed by atoms with E-state index in [1.165, 1.54) is 5.56 Å². The number of hydrogen-bond acceptors (Lipinski definition) is 6. The van der Waals surface area contributed by atoms with Gasteiger partial charge in [-0.2, -0.15) is 0 Å². The van der Waals surface area contributed by atoms with Crippen LogP contribution in [-0.4, -0.2) is 77.2 Å². The molecule has 2 amide bonds. The molecule has 0 radical (unpaired) electrons. The third-order valence-corrected chi connectivity index (χ3v) is 7.63. The Balaban J connectivity index is 1.52. The molecule has 1 heterocycles. The molecule has 0 bridgehead atoms. The van der Waals surface area contributed by atoms with Crippen LogP contribution in [0.1, 0.15) is 53.5 Å². The number of methoxy groups -OCH3 is 1. The van der Waals surface area contributed by atoms with E-state index >= 15 is 0 Å². The van der Waals surface area contributed by atoms with Crippen LogP contribution in [0.25, 0.3) is 0 Å². The quantitative estimate of drug-likeness (QED) is 0.324. The van der Waals surface area contributed by atoms with Gasteiger partial charge in [-0.3, -0.25) is 9.59 Å². The van der Waals surface area contributed by atoms with E-state index < -0.39 is 0 Å². The van der Waals surface area contributed by atoms with Gasteiger partial charge in [0.1, 0.15) is 5.75 Å². The summed E-state index contributed by atoms with van der Waals surface area (Å²) in [6.45, 7) is 11.0. The lowest BCUT2D eigenvalue weighted by molar-refractivity contribution is 0.0951. The van der Waals surface area contributed by atoms with Gasteiger partial charge < -0.3 is 30.1 Å². The summed E-state index contributed by atoms with van der Waals surface area (Å²) in [5.41, 5.74) is 4.86. The van der Waals surface area contributed by atoms with Crippen molar-refractivity contribution in [1.29, 1.82) is 0 Å². The van der Waals surface area contributed by atoms with Crippen LogP contribution in [0.15, 0.2) is 66.7 Å². The van der Waals surface area contributed by atoms with E-state index in [4.69, 9.17) is 4.74 Å². The average molecular weight is 572 g/mol. The van der Waals surface area contributed by atoms with Crippen molar-refractivity contribution in [2.24, 2.45) is 0 Å². The molecule has 3 aromatic carbocycles. The lowest BCUT2D eigenvalue weighted by Crippen LogP contribution is -2.47. The SMILES string of the molecule is COc1ccccc1N1CCN(c2ccc(NC(=O)c3ccc(C(C)(C)C)cc3)cc2C(=O)NCCCN(C)C)CC1. The number of nitrogens with one attached hydrogen (secondary N) is 2. The fourth-order valence-electron chi connectivity index (χ4n) is 5.17. The second kappa shape index (κ2) is 13.7. The van der Waals surface area contributed by atoms with Crippen LogP contribution in [0.5, 0.6) is 5.75 Å². The third-order valence-electron chi connectivity index (χ3n) is 7.63. The highest BCUT2D eigenvalue weighted by atomic mass is 16.5. The van der Waals surface area contributed by atoms with Crippen LogP contribution in [0.3, 0.4) is 0 Å². The Hall–Kier alpha value is -4.04. The Morgan fingerprint density at radius 3 is 2.12 bits per heavy atom. The fourth-order valence-corrected chi connectivity index (χ4v) is 5.17. The zero-order chi connectivity index (χ0) is 30.3. The molecule has 0 unspecified atom stereocenters. The maximum atomic E-state index is 13.5. The van der Waals surface area contributed by atoms with Gasteiger partial charge in [-0.05, 0) is 80.5 Å². The van der Waals surface area contributed by atoms with E-state index in [0.29, 0.717) is 23.4 Å². The monoisotopic (exact) mass is 571 g/mol. The molecular weight excluding hydrogens is 526 g/mol. The molecule has 1 saturated heterocycles. The highest BCUT2D eigenvalue weighted by Gasteiger charge is 2.24. The van der Waals surface area contributed by atoms with Gasteiger partial charge in [0.15, 0.2) is 0 Å². The van der Waals surface area contributed by atoms with E-state index in [2.05, 4.69) is 52.2 Å². The number of piperazine rings is 1. The van der Waals surface area contributed by atoms with Crippen molar-refractivity contribution in [3.8, 4) is 5.75 Å². The number of carbonyl (C=O) groups excluding carboxylic acids is 2. The molecule has 0 atom stereocenters. The normalized spacial score (nSPS) is 13.7. The molecule has 0 spiro atoms. The fraction of sp³-hybridized carbons (Fsp3) is 0.412. The van der Waals surface area contributed by atoms with Crippen molar-refractivity contribution in [2.75, 3.05) is 75.6 Å². The minimum Gasteiger partial charge on any atom is -0.495 e.